The van der Waals surface area contributed by atoms with Gasteiger partial charge in [0.1, 0.15) is 0 Å². The second-order valence-corrected chi connectivity index (χ2v) is 8.91. The summed E-state index contributed by atoms with van der Waals surface area (Å²) in [6, 6.07) is 0. The van der Waals surface area contributed by atoms with Gasteiger partial charge < -0.3 is 9.29 Å². The van der Waals surface area contributed by atoms with Crippen LogP contribution in [0.4, 0.5) is 0 Å². The first-order chi connectivity index (χ1) is 13.0. The van der Waals surface area contributed by atoms with E-state index in [2.05, 4.69) is 18.0 Å². The number of rotatable bonds is 16. The molecule has 0 saturated carbocycles. The number of unbranched alkanes of at least 4 members (excludes halogenated alkanes) is 2. The molecule has 0 bridgehead atoms. The van der Waals surface area contributed by atoms with Gasteiger partial charge in [0.25, 0.3) is 0 Å². The van der Waals surface area contributed by atoms with Gasteiger partial charge in [-0.05, 0) is 24.7 Å². The first-order valence-electron chi connectivity index (χ1n) is 10.5. The van der Waals surface area contributed by atoms with E-state index in [-0.39, 0.29) is 11.8 Å². The second-order valence-electron chi connectivity index (χ2n) is 7.89. The number of carboxylic acid groups (broad SMARTS) is 1. The Labute approximate surface area is 170 Å². The predicted octanol–water partition coefficient (Wildman–Crippen LogP) is 5.01. The lowest BCUT2D eigenvalue weighted by atomic mass is 9.68. The zero-order valence-corrected chi connectivity index (χ0v) is 18.6. The van der Waals surface area contributed by atoms with E-state index in [4.69, 9.17) is 4.55 Å². The minimum Gasteiger partial charge on any atom is -0.481 e. The molecule has 2 N–H and O–H groups in total. The molecule has 2 unspecified atom stereocenters. The van der Waals surface area contributed by atoms with Crippen molar-refractivity contribution >= 4 is 22.3 Å². The fourth-order valence-electron chi connectivity index (χ4n) is 3.89. The topological polar surface area (TPSA) is 118 Å². The lowest BCUT2D eigenvalue weighted by molar-refractivity contribution is -0.157. The van der Waals surface area contributed by atoms with Crippen molar-refractivity contribution in [1.29, 1.82) is 0 Å². The summed E-state index contributed by atoms with van der Waals surface area (Å²) in [5.74, 6) is -2.08. The Balaban J connectivity index is 5.74. The van der Waals surface area contributed by atoms with E-state index in [1.807, 2.05) is 13.8 Å². The third kappa shape index (κ3) is 10.4. The van der Waals surface area contributed by atoms with Crippen LogP contribution < -0.4 is 0 Å². The molecule has 0 aliphatic heterocycles. The van der Waals surface area contributed by atoms with Crippen LogP contribution >= 0.6 is 0 Å². The van der Waals surface area contributed by atoms with E-state index in [0.29, 0.717) is 12.8 Å². The molecule has 0 radical (unpaired) electrons. The number of carbonyl (C=O) groups excluding carboxylic acids is 1. The molecule has 0 spiro atoms. The molecule has 0 heterocycles. The highest BCUT2D eigenvalue weighted by Crippen LogP contribution is 2.42. The summed E-state index contributed by atoms with van der Waals surface area (Å²) in [5.41, 5.74) is -1.40. The third-order valence-corrected chi connectivity index (χ3v) is 5.98. The Morgan fingerprint density at radius 3 is 1.64 bits per heavy atom. The maximum atomic E-state index is 12.4. The predicted molar refractivity (Wildman–Crippen MR) is 108 cm³/mol. The van der Waals surface area contributed by atoms with Crippen LogP contribution in [0.3, 0.4) is 0 Å². The quantitative estimate of drug-likeness (QED) is 0.336. The van der Waals surface area contributed by atoms with Crippen molar-refractivity contribution in [3.63, 3.8) is 0 Å². The molecular weight excluding hydrogens is 384 g/mol. The third-order valence-electron chi connectivity index (χ3n) is 5.58. The van der Waals surface area contributed by atoms with Crippen LogP contribution in [0.15, 0.2) is 0 Å². The molecule has 166 valence electrons. The molecule has 0 aromatic rings. The van der Waals surface area contributed by atoms with Gasteiger partial charge in [-0.1, -0.05) is 79.1 Å². The fourth-order valence-corrected chi connectivity index (χ4v) is 4.19. The Kier molecular flexibility index (Phi) is 12.6. The minimum atomic E-state index is -4.96. The van der Waals surface area contributed by atoms with Gasteiger partial charge in [0.15, 0.2) is 0 Å². The van der Waals surface area contributed by atoms with E-state index in [0.717, 1.165) is 51.4 Å². The van der Waals surface area contributed by atoms with Crippen LogP contribution in [-0.2, 0) is 24.2 Å². The Morgan fingerprint density at radius 1 is 0.929 bits per heavy atom. The molecular formula is C20H38O7S. The zero-order chi connectivity index (χ0) is 21.8. The summed E-state index contributed by atoms with van der Waals surface area (Å²) in [6.07, 6.45) is 7.25. The minimum absolute atomic E-state index is 0.123. The Morgan fingerprint density at radius 2 is 1.36 bits per heavy atom. The average Bonchev–Trinajstić information content (AvgIpc) is 2.59. The molecule has 0 aliphatic carbocycles. The maximum Gasteiger partial charge on any atom is 0.448 e. The average molecular weight is 423 g/mol. The highest BCUT2D eigenvalue weighted by atomic mass is 32.3. The summed E-state index contributed by atoms with van der Waals surface area (Å²) in [6.45, 7) is 8.13. The van der Waals surface area contributed by atoms with E-state index in [1.54, 1.807) is 0 Å². The van der Waals surface area contributed by atoms with Crippen LogP contribution in [0.5, 0.6) is 0 Å². The summed E-state index contributed by atoms with van der Waals surface area (Å²) in [4.78, 5) is 24.5. The molecule has 0 rings (SSSR count). The summed E-state index contributed by atoms with van der Waals surface area (Å²) >= 11 is 0. The highest BCUT2D eigenvalue weighted by Gasteiger charge is 2.44. The Bertz CT molecular complexity index is 553. The first-order valence-corrected chi connectivity index (χ1v) is 11.8. The summed E-state index contributed by atoms with van der Waals surface area (Å²) < 4.78 is 34.7. The zero-order valence-electron chi connectivity index (χ0n) is 17.8. The van der Waals surface area contributed by atoms with Crippen LogP contribution in [0.2, 0.25) is 0 Å². The van der Waals surface area contributed by atoms with Crippen molar-refractivity contribution in [2.24, 2.45) is 17.3 Å². The van der Waals surface area contributed by atoms with Crippen LogP contribution in [0, 0.1) is 17.3 Å². The van der Waals surface area contributed by atoms with Crippen molar-refractivity contribution < 1.29 is 31.8 Å². The van der Waals surface area contributed by atoms with Gasteiger partial charge in [-0.2, -0.15) is 8.42 Å². The lowest BCUT2D eigenvalue weighted by Gasteiger charge is -2.35. The van der Waals surface area contributed by atoms with Crippen molar-refractivity contribution in [1.82, 2.24) is 0 Å². The van der Waals surface area contributed by atoms with E-state index >= 15 is 0 Å². The summed E-state index contributed by atoms with van der Waals surface area (Å²) in [5, 5.41) is 10.1. The molecule has 2 atom stereocenters. The van der Waals surface area contributed by atoms with Crippen molar-refractivity contribution in [3.05, 3.63) is 0 Å². The monoisotopic (exact) mass is 422 g/mol. The number of carbonyl (C=O) groups is 2. The fraction of sp³-hybridized carbons (Fsp3) is 0.900. The van der Waals surface area contributed by atoms with Crippen LogP contribution in [0.1, 0.15) is 98.3 Å². The van der Waals surface area contributed by atoms with E-state index in [1.165, 1.54) is 0 Å². The van der Waals surface area contributed by atoms with Gasteiger partial charge in [-0.15, -0.1) is 0 Å². The highest BCUT2D eigenvalue weighted by molar-refractivity contribution is 7.81. The molecule has 8 heteroatoms. The van der Waals surface area contributed by atoms with Gasteiger partial charge in [-0.3, -0.25) is 14.1 Å². The largest absolute Gasteiger partial charge is 0.481 e. The SMILES string of the molecule is CCCCC(CC)CC(CC(=O)OS(=O)(=O)O)(CC(CC)CCCC)C(=O)O. The van der Waals surface area contributed by atoms with Crippen molar-refractivity contribution in [2.75, 3.05) is 0 Å². The Hall–Kier alpha value is -1.15. The second kappa shape index (κ2) is 13.1. The van der Waals surface area contributed by atoms with Gasteiger partial charge in [0, 0.05) is 0 Å². The van der Waals surface area contributed by atoms with Crippen molar-refractivity contribution in [2.45, 2.75) is 98.3 Å². The molecule has 0 saturated heterocycles. The molecule has 0 aliphatic rings. The smallest absolute Gasteiger partial charge is 0.448 e. The molecule has 7 nitrogen and oxygen atoms in total. The molecule has 0 amide bonds. The summed E-state index contributed by atoms with van der Waals surface area (Å²) in [7, 11) is -4.96. The van der Waals surface area contributed by atoms with Crippen LogP contribution in [-0.4, -0.2) is 30.0 Å². The van der Waals surface area contributed by atoms with Gasteiger partial charge in [0.2, 0.25) is 0 Å². The molecule has 0 aromatic heterocycles. The number of aliphatic carboxylic acids is 1. The van der Waals surface area contributed by atoms with Gasteiger partial charge in [0.05, 0.1) is 11.8 Å². The van der Waals surface area contributed by atoms with Gasteiger partial charge in [-0.25, -0.2) is 0 Å². The van der Waals surface area contributed by atoms with Crippen LogP contribution in [0.25, 0.3) is 0 Å². The standard InChI is InChI=1S/C20H38O7S/c1-5-9-11-16(7-3)13-20(19(22)23,14-17(8-4)12-10-6-2)15-18(21)27-28(24,25)26/h16-17H,5-15H2,1-4H3,(H,22,23)(H,24,25,26). The molecule has 28 heavy (non-hydrogen) atoms. The van der Waals surface area contributed by atoms with Crippen molar-refractivity contribution in [3.8, 4) is 0 Å². The lowest BCUT2D eigenvalue weighted by Crippen LogP contribution is -2.38. The maximum absolute atomic E-state index is 12.4. The van der Waals surface area contributed by atoms with E-state index in [9.17, 15) is 23.1 Å². The number of carboxylic acids is 1. The molecule has 0 aromatic carbocycles. The normalized spacial score (nSPS) is 16.2. The number of hydrogen-bond acceptors (Lipinski definition) is 5. The number of hydrogen-bond donors (Lipinski definition) is 2. The van der Waals surface area contributed by atoms with E-state index < -0.39 is 34.2 Å². The van der Waals surface area contributed by atoms with Gasteiger partial charge >= 0.3 is 22.3 Å². The first kappa shape index (κ1) is 26.9. The molecule has 0 fully saturated rings.